The average Bonchev–Trinajstić information content (AvgIpc) is 2.70. The maximum absolute atomic E-state index is 12.6. The van der Waals surface area contributed by atoms with Crippen molar-refractivity contribution in [2.45, 2.75) is 62.8 Å². The summed E-state index contributed by atoms with van der Waals surface area (Å²) in [6, 6.07) is 1.88. The van der Waals surface area contributed by atoms with Crippen LogP contribution < -0.4 is 5.32 Å². The van der Waals surface area contributed by atoms with E-state index < -0.39 is 0 Å². The number of carbonyl (C=O) groups excluding carboxylic acids is 1. The molecule has 2 unspecified atom stereocenters. The van der Waals surface area contributed by atoms with Crippen molar-refractivity contribution in [3.05, 3.63) is 16.3 Å². The van der Waals surface area contributed by atoms with Crippen LogP contribution in [0.15, 0.2) is 16.3 Å². The number of carbonyl (C=O) groups is 1. The van der Waals surface area contributed by atoms with E-state index in [1.165, 1.54) is 37.0 Å². The quantitative estimate of drug-likeness (QED) is 0.771. The predicted octanol–water partition coefficient (Wildman–Crippen LogP) is 4.52. The van der Waals surface area contributed by atoms with Gasteiger partial charge in [0.1, 0.15) is 0 Å². The van der Waals surface area contributed by atoms with Gasteiger partial charge in [-0.25, -0.2) is 0 Å². The molecule has 1 aromatic heterocycles. The summed E-state index contributed by atoms with van der Waals surface area (Å²) in [4.78, 5) is 14.3. The van der Waals surface area contributed by atoms with Gasteiger partial charge in [-0.05, 0) is 61.3 Å². The van der Waals surface area contributed by atoms with E-state index in [1.807, 2.05) is 11.4 Å². The first kappa shape index (κ1) is 14.1. The molecular weight excluding hydrogens is 298 g/mol. The molecule has 0 aliphatic heterocycles. The number of thiophene rings is 1. The second kappa shape index (κ2) is 4.29. The Labute approximate surface area is 136 Å². The molecule has 2 nitrogen and oxygen atoms in total. The first-order chi connectivity index (χ1) is 9.79. The molecule has 4 heteroatoms. The lowest BCUT2D eigenvalue weighted by Crippen LogP contribution is -2.65. The second-order valence-electron chi connectivity index (χ2n) is 8.53. The monoisotopic (exact) mass is 321 g/mol. The molecule has 4 fully saturated rings. The van der Waals surface area contributed by atoms with Crippen molar-refractivity contribution < 1.29 is 4.79 Å². The van der Waals surface area contributed by atoms with Crippen LogP contribution in [0.1, 0.15) is 62.0 Å². The van der Waals surface area contributed by atoms with Gasteiger partial charge in [-0.2, -0.15) is 0 Å². The van der Waals surface area contributed by atoms with Crippen molar-refractivity contribution in [1.29, 1.82) is 0 Å². The summed E-state index contributed by atoms with van der Waals surface area (Å²) in [7, 11) is 0. The van der Waals surface area contributed by atoms with Gasteiger partial charge in [0.15, 0.2) is 0 Å². The van der Waals surface area contributed by atoms with E-state index in [1.54, 1.807) is 0 Å². The smallest absolute Gasteiger partial charge is 0.261 e. The Morgan fingerprint density at radius 3 is 2.43 bits per heavy atom. The Balaban J connectivity index is 1.61. The zero-order valence-electron chi connectivity index (χ0n) is 12.7. The number of amides is 1. The molecule has 21 heavy (non-hydrogen) atoms. The van der Waals surface area contributed by atoms with E-state index >= 15 is 0 Å². The van der Waals surface area contributed by atoms with Gasteiger partial charge in [0.05, 0.1) is 4.88 Å². The average molecular weight is 322 g/mol. The molecule has 0 aromatic carbocycles. The third-order valence-electron chi connectivity index (χ3n) is 5.81. The van der Waals surface area contributed by atoms with Crippen molar-refractivity contribution in [2.75, 3.05) is 0 Å². The number of rotatable bonds is 2. The fourth-order valence-corrected chi connectivity index (χ4v) is 7.38. The van der Waals surface area contributed by atoms with Gasteiger partial charge in [0.2, 0.25) is 0 Å². The van der Waals surface area contributed by atoms with Gasteiger partial charge >= 0.3 is 0 Å². The van der Waals surface area contributed by atoms with Crippen LogP contribution in [0.25, 0.3) is 0 Å². The van der Waals surface area contributed by atoms with E-state index in [0.29, 0.717) is 10.8 Å². The molecule has 1 amide bonds. The maximum atomic E-state index is 12.6. The summed E-state index contributed by atoms with van der Waals surface area (Å²) in [6.45, 7) is 4.88. The van der Waals surface area contributed by atoms with Crippen molar-refractivity contribution in [3.8, 4) is 0 Å². The SMILES string of the molecule is CC12CC3CC(C)(C1)CC(NC(=O)c1cc(S)cs1)(C3)C2. The van der Waals surface area contributed by atoms with Crippen LogP contribution in [0.2, 0.25) is 0 Å². The Kier molecular flexibility index (Phi) is 2.89. The fraction of sp³-hybridized carbons (Fsp3) is 0.706. The van der Waals surface area contributed by atoms with Gasteiger partial charge in [-0.3, -0.25) is 4.79 Å². The van der Waals surface area contributed by atoms with Gasteiger partial charge < -0.3 is 5.32 Å². The minimum atomic E-state index is 0.0424. The molecule has 0 spiro atoms. The summed E-state index contributed by atoms with van der Waals surface area (Å²) in [5.74, 6) is 0.912. The molecule has 0 saturated heterocycles. The summed E-state index contributed by atoms with van der Waals surface area (Å²) in [5.41, 5.74) is 0.915. The van der Waals surface area contributed by atoms with Crippen molar-refractivity contribution in [3.63, 3.8) is 0 Å². The summed E-state index contributed by atoms with van der Waals surface area (Å²) >= 11 is 5.81. The zero-order valence-corrected chi connectivity index (χ0v) is 14.4. The number of hydrogen-bond donors (Lipinski definition) is 2. The highest BCUT2D eigenvalue weighted by Crippen LogP contribution is 2.66. The number of hydrogen-bond acceptors (Lipinski definition) is 3. The minimum absolute atomic E-state index is 0.0424. The van der Waals surface area contributed by atoms with Crippen LogP contribution in [0.5, 0.6) is 0 Å². The molecule has 5 rings (SSSR count). The number of thiol groups is 1. The van der Waals surface area contributed by atoms with E-state index in [9.17, 15) is 4.79 Å². The zero-order chi connectivity index (χ0) is 14.9. The third-order valence-corrected chi connectivity index (χ3v) is 7.18. The van der Waals surface area contributed by atoms with Crippen LogP contribution >= 0.6 is 24.0 Å². The molecule has 1 N–H and O–H groups in total. The molecule has 4 bridgehead atoms. The molecule has 4 aliphatic rings. The van der Waals surface area contributed by atoms with Gasteiger partial charge in [-0.1, -0.05) is 13.8 Å². The van der Waals surface area contributed by atoms with Crippen molar-refractivity contribution in [1.82, 2.24) is 5.32 Å². The molecule has 1 heterocycles. The van der Waals surface area contributed by atoms with Crippen LogP contribution in [0, 0.1) is 16.7 Å². The highest BCUT2D eigenvalue weighted by Gasteiger charge is 2.60. The first-order valence-corrected chi connectivity index (χ1v) is 9.22. The Hall–Kier alpha value is -0.480. The highest BCUT2D eigenvalue weighted by molar-refractivity contribution is 7.80. The van der Waals surface area contributed by atoms with Crippen LogP contribution in [-0.4, -0.2) is 11.4 Å². The Bertz CT molecular complexity index is 590. The van der Waals surface area contributed by atoms with Crippen LogP contribution in [0.3, 0.4) is 0 Å². The molecule has 4 saturated carbocycles. The highest BCUT2D eigenvalue weighted by atomic mass is 32.1. The summed E-state index contributed by atoms with van der Waals surface area (Å²) < 4.78 is 0. The molecular formula is C17H23NOS2. The normalized spacial score (nSPS) is 44.0. The Morgan fingerprint density at radius 2 is 1.90 bits per heavy atom. The van der Waals surface area contributed by atoms with Gasteiger partial charge in [0.25, 0.3) is 5.91 Å². The molecule has 0 radical (unpaired) electrons. The summed E-state index contributed by atoms with van der Waals surface area (Å²) in [5, 5.41) is 5.37. The maximum Gasteiger partial charge on any atom is 0.261 e. The largest absolute Gasteiger partial charge is 0.346 e. The third kappa shape index (κ3) is 2.35. The standard InChI is InChI=1S/C17H23NOS2/c1-15-4-11-5-16(2,8-15)10-17(6-11,9-15)18-14(19)13-3-12(20)7-21-13/h3,7,11,20H,4-6,8-10H2,1-2H3,(H,18,19). The van der Waals surface area contributed by atoms with E-state index in [4.69, 9.17) is 0 Å². The van der Waals surface area contributed by atoms with Crippen LogP contribution in [-0.2, 0) is 0 Å². The Morgan fingerprint density at radius 1 is 1.24 bits per heavy atom. The van der Waals surface area contributed by atoms with Crippen LogP contribution in [0.4, 0.5) is 0 Å². The topological polar surface area (TPSA) is 29.1 Å². The minimum Gasteiger partial charge on any atom is -0.346 e. The lowest BCUT2D eigenvalue weighted by Gasteiger charge is -2.65. The van der Waals surface area contributed by atoms with Crippen molar-refractivity contribution >= 4 is 29.9 Å². The van der Waals surface area contributed by atoms with E-state index in [0.717, 1.165) is 28.5 Å². The van der Waals surface area contributed by atoms with Gasteiger partial charge in [-0.15, -0.1) is 24.0 Å². The van der Waals surface area contributed by atoms with E-state index in [-0.39, 0.29) is 11.4 Å². The lowest BCUT2D eigenvalue weighted by atomic mass is 9.43. The summed E-state index contributed by atoms with van der Waals surface area (Å²) in [6.07, 6.45) is 7.57. The predicted molar refractivity (Wildman–Crippen MR) is 89.2 cm³/mol. The molecule has 2 atom stereocenters. The number of nitrogens with one attached hydrogen (secondary N) is 1. The molecule has 4 aliphatic carbocycles. The van der Waals surface area contributed by atoms with Crippen molar-refractivity contribution in [2.24, 2.45) is 16.7 Å². The van der Waals surface area contributed by atoms with Gasteiger partial charge in [0, 0.05) is 15.8 Å². The second-order valence-corrected chi connectivity index (χ2v) is 9.96. The molecule has 114 valence electrons. The molecule has 1 aromatic rings. The first-order valence-electron chi connectivity index (χ1n) is 7.89. The fourth-order valence-electron chi connectivity index (χ4n) is 6.33. The lowest BCUT2D eigenvalue weighted by molar-refractivity contribution is -0.114. The van der Waals surface area contributed by atoms with E-state index in [2.05, 4.69) is 31.8 Å².